The number of ether oxygens (including phenoxy) is 5. The fraction of sp³-hybridized carbons (Fsp3) is 0.667. The number of benzene rings is 1. The zero-order chi connectivity index (χ0) is 35.8. The van der Waals surface area contributed by atoms with Crippen molar-refractivity contribution in [2.45, 2.75) is 103 Å². The van der Waals surface area contributed by atoms with Gasteiger partial charge < -0.3 is 39.6 Å². The van der Waals surface area contributed by atoms with Crippen molar-refractivity contribution in [2.24, 2.45) is 0 Å². The quantitative estimate of drug-likeness (QED) is 0.245. The summed E-state index contributed by atoms with van der Waals surface area (Å²) in [6.07, 6.45) is -4.28. The van der Waals surface area contributed by atoms with Gasteiger partial charge in [-0.05, 0) is 65.7 Å². The Morgan fingerprint density at radius 2 is 1.38 bits per heavy atom. The van der Waals surface area contributed by atoms with Gasteiger partial charge in [0, 0.05) is 40.0 Å². The van der Waals surface area contributed by atoms with Crippen molar-refractivity contribution in [3.8, 4) is 5.75 Å². The monoisotopic (exact) mass is 677 g/mol. The van der Waals surface area contributed by atoms with Crippen molar-refractivity contribution in [3.63, 3.8) is 0 Å². The van der Waals surface area contributed by atoms with E-state index in [-0.39, 0.29) is 43.4 Å². The van der Waals surface area contributed by atoms with Gasteiger partial charge in [0.2, 0.25) is 11.8 Å². The Bertz CT molecular complexity index is 1270. The van der Waals surface area contributed by atoms with Crippen molar-refractivity contribution < 1.29 is 47.7 Å². The summed E-state index contributed by atoms with van der Waals surface area (Å²) in [4.78, 5) is 66.3. The van der Waals surface area contributed by atoms with Crippen LogP contribution in [0.3, 0.4) is 0 Å². The summed E-state index contributed by atoms with van der Waals surface area (Å²) in [6, 6.07) is 5.92. The molecule has 0 spiro atoms. The van der Waals surface area contributed by atoms with Crippen molar-refractivity contribution in [2.75, 3.05) is 39.8 Å². The number of carbonyl (C=O) groups is 5. The smallest absolute Gasteiger partial charge is 0.497 e. The number of methoxy groups -OCH3 is 1. The van der Waals surface area contributed by atoms with E-state index in [1.165, 1.54) is 18.7 Å². The van der Waals surface area contributed by atoms with Gasteiger partial charge in [-0.2, -0.15) is 0 Å². The Hall–Kier alpha value is -4.27. The highest BCUT2D eigenvalue weighted by Gasteiger charge is 2.50. The molecule has 0 aromatic heterocycles. The molecule has 2 heterocycles. The number of nitrogens with zero attached hydrogens (tertiary/aromatic N) is 2. The molecule has 3 N–H and O–H groups in total. The van der Waals surface area contributed by atoms with Gasteiger partial charge in [-0.25, -0.2) is 14.4 Å². The second-order valence-corrected chi connectivity index (χ2v) is 14.0. The minimum Gasteiger partial charge on any atom is -0.497 e. The zero-order valence-corrected chi connectivity index (χ0v) is 29.4. The van der Waals surface area contributed by atoms with Crippen LogP contribution in [0, 0.1) is 0 Å². The molecule has 0 unspecified atom stereocenters. The molecule has 4 amide bonds. The average Bonchev–Trinajstić information content (AvgIpc) is 3.46. The summed E-state index contributed by atoms with van der Waals surface area (Å²) in [5.74, 6) is 0.240. The molecule has 0 aliphatic carbocycles. The molecule has 268 valence electrons. The van der Waals surface area contributed by atoms with Gasteiger partial charge in [0.25, 0.3) is 0 Å². The van der Waals surface area contributed by atoms with E-state index in [0.29, 0.717) is 25.4 Å². The first kappa shape index (κ1) is 38.2. The van der Waals surface area contributed by atoms with Gasteiger partial charge in [0.15, 0.2) is 12.2 Å². The van der Waals surface area contributed by atoms with Crippen LogP contribution in [0.1, 0.15) is 61.0 Å². The molecule has 2 aliphatic heterocycles. The van der Waals surface area contributed by atoms with Crippen LogP contribution in [0.5, 0.6) is 5.75 Å². The van der Waals surface area contributed by atoms with E-state index in [1.807, 2.05) is 17.0 Å². The SMILES string of the molecule is COc1ccc(C[C@@H]2[C@H](OC(=O)NCCN3C[C@@H](NC(C)=O)[C@H](NC(C)=O)C3)[C@@H](OC(=O)OC(C)(C)C)CN2C(=O)OC(C)(C)C)cc1. The number of likely N-dealkylation sites (tertiary alicyclic amines) is 2. The summed E-state index contributed by atoms with van der Waals surface area (Å²) in [5.41, 5.74) is -0.838. The van der Waals surface area contributed by atoms with Crippen molar-refractivity contribution in [1.29, 1.82) is 0 Å². The molecule has 0 bridgehead atoms. The predicted octanol–water partition coefficient (Wildman–Crippen LogP) is 2.60. The van der Waals surface area contributed by atoms with E-state index >= 15 is 0 Å². The summed E-state index contributed by atoms with van der Waals surface area (Å²) < 4.78 is 27.9. The molecule has 2 aliphatic rings. The number of carbonyl (C=O) groups excluding carboxylic acids is 5. The van der Waals surface area contributed by atoms with Crippen LogP contribution in [0.15, 0.2) is 24.3 Å². The second kappa shape index (κ2) is 16.2. The topological polar surface area (TPSA) is 174 Å². The van der Waals surface area contributed by atoms with E-state index in [0.717, 1.165) is 5.56 Å². The normalized spacial score (nSPS) is 22.8. The van der Waals surface area contributed by atoms with Gasteiger partial charge in [-0.1, -0.05) is 12.1 Å². The van der Waals surface area contributed by atoms with E-state index in [9.17, 15) is 24.0 Å². The Kier molecular flexibility index (Phi) is 12.9. The molecule has 2 fully saturated rings. The molecule has 0 saturated carbocycles. The molecule has 5 atom stereocenters. The number of hydrogen-bond donors (Lipinski definition) is 3. The lowest BCUT2D eigenvalue weighted by molar-refractivity contribution is -0.122. The van der Waals surface area contributed by atoms with Gasteiger partial charge in [0.1, 0.15) is 17.0 Å². The van der Waals surface area contributed by atoms with Gasteiger partial charge >= 0.3 is 18.3 Å². The third kappa shape index (κ3) is 12.1. The Morgan fingerprint density at radius 1 is 0.812 bits per heavy atom. The van der Waals surface area contributed by atoms with Crippen molar-refractivity contribution >= 4 is 30.2 Å². The number of nitrogens with one attached hydrogen (secondary N) is 3. The van der Waals surface area contributed by atoms with Crippen LogP contribution in [-0.2, 0) is 35.0 Å². The van der Waals surface area contributed by atoms with Crippen LogP contribution < -0.4 is 20.7 Å². The number of hydrogen-bond acceptors (Lipinski definition) is 11. The molecule has 15 heteroatoms. The third-order valence-electron chi connectivity index (χ3n) is 7.50. The van der Waals surface area contributed by atoms with Crippen LogP contribution >= 0.6 is 0 Å². The minimum atomic E-state index is -1.08. The molecule has 1 aromatic carbocycles. The lowest BCUT2D eigenvalue weighted by atomic mass is 10.0. The van der Waals surface area contributed by atoms with Crippen LogP contribution in [-0.4, -0.2) is 121 Å². The molecule has 0 radical (unpaired) electrons. The standard InChI is InChI=1S/C33H51N5O10/c1-20(39)35-24-17-37(18-25(24)36-21(2)40)15-14-34-29(41)46-28-26(16-22-10-12-23(44-9)13-11-22)38(30(42)47-32(3,4)5)19-27(28)45-31(43)48-33(6,7)8/h10-13,24-28H,14-19H2,1-9H3,(H,34,41)(H,35,39)(H,36,40)/t24-,25-,26-,27+,28+/m1/s1. The first-order chi connectivity index (χ1) is 22.3. The summed E-state index contributed by atoms with van der Waals surface area (Å²) in [6.45, 7) is 14.6. The van der Waals surface area contributed by atoms with Crippen molar-refractivity contribution in [3.05, 3.63) is 29.8 Å². The van der Waals surface area contributed by atoms with Crippen molar-refractivity contribution in [1.82, 2.24) is 25.8 Å². The molecular weight excluding hydrogens is 626 g/mol. The lowest BCUT2D eigenvalue weighted by Crippen LogP contribution is -2.49. The highest BCUT2D eigenvalue weighted by molar-refractivity contribution is 5.75. The molecule has 15 nitrogen and oxygen atoms in total. The second-order valence-electron chi connectivity index (χ2n) is 14.0. The average molecular weight is 678 g/mol. The first-order valence-corrected chi connectivity index (χ1v) is 16.1. The molecular formula is C33H51N5O10. The molecule has 2 saturated heterocycles. The lowest BCUT2D eigenvalue weighted by Gasteiger charge is -2.30. The third-order valence-corrected chi connectivity index (χ3v) is 7.50. The Balaban J connectivity index is 1.78. The van der Waals surface area contributed by atoms with Crippen LogP contribution in [0.25, 0.3) is 0 Å². The van der Waals surface area contributed by atoms with Gasteiger partial charge in [-0.3, -0.25) is 19.4 Å². The van der Waals surface area contributed by atoms with E-state index in [4.69, 9.17) is 23.7 Å². The number of alkyl carbamates (subject to hydrolysis) is 1. The Morgan fingerprint density at radius 3 is 1.88 bits per heavy atom. The predicted molar refractivity (Wildman–Crippen MR) is 174 cm³/mol. The minimum absolute atomic E-state index is 0.101. The maximum absolute atomic E-state index is 13.5. The van der Waals surface area contributed by atoms with E-state index < -0.39 is 47.8 Å². The van der Waals surface area contributed by atoms with Gasteiger partial charge in [0.05, 0.1) is 31.8 Å². The Labute approximate surface area is 282 Å². The first-order valence-electron chi connectivity index (χ1n) is 16.1. The van der Waals surface area contributed by atoms with E-state index in [2.05, 4.69) is 16.0 Å². The maximum atomic E-state index is 13.5. The number of amides is 4. The molecule has 3 rings (SSSR count). The molecule has 48 heavy (non-hydrogen) atoms. The zero-order valence-electron chi connectivity index (χ0n) is 29.4. The largest absolute Gasteiger partial charge is 0.509 e. The highest BCUT2D eigenvalue weighted by atomic mass is 16.7. The highest BCUT2D eigenvalue weighted by Crippen LogP contribution is 2.30. The summed E-state index contributed by atoms with van der Waals surface area (Å²) in [5, 5.41) is 8.46. The number of rotatable bonds is 10. The molecule has 1 aromatic rings. The summed E-state index contributed by atoms with van der Waals surface area (Å²) in [7, 11) is 1.56. The van der Waals surface area contributed by atoms with Gasteiger partial charge in [-0.15, -0.1) is 0 Å². The van der Waals surface area contributed by atoms with Crippen LogP contribution in [0.2, 0.25) is 0 Å². The summed E-state index contributed by atoms with van der Waals surface area (Å²) >= 11 is 0. The van der Waals surface area contributed by atoms with E-state index in [1.54, 1.807) is 60.8 Å². The fourth-order valence-electron chi connectivity index (χ4n) is 5.64. The fourth-order valence-corrected chi connectivity index (χ4v) is 5.64. The van der Waals surface area contributed by atoms with Crippen LogP contribution in [0.4, 0.5) is 14.4 Å². The maximum Gasteiger partial charge on any atom is 0.509 e.